The normalized spacial score (nSPS) is 18.9. The molecule has 6 heteroatoms. The number of aromatic nitrogens is 4. The van der Waals surface area contributed by atoms with Crippen molar-refractivity contribution in [1.82, 2.24) is 25.2 Å². The van der Waals surface area contributed by atoms with E-state index in [0.29, 0.717) is 6.04 Å². The molecule has 1 atom stereocenters. The zero-order valence-electron chi connectivity index (χ0n) is 10.7. The molecule has 1 unspecified atom stereocenters. The van der Waals surface area contributed by atoms with Gasteiger partial charge >= 0.3 is 0 Å². The van der Waals surface area contributed by atoms with E-state index in [2.05, 4.69) is 20.6 Å². The summed E-state index contributed by atoms with van der Waals surface area (Å²) in [6.07, 6.45) is 3.72. The van der Waals surface area contributed by atoms with E-state index in [9.17, 15) is 0 Å². The van der Waals surface area contributed by atoms with Crippen molar-refractivity contribution in [3.8, 4) is 0 Å². The van der Waals surface area contributed by atoms with Gasteiger partial charge in [-0.1, -0.05) is 5.16 Å². The Labute approximate surface area is 105 Å². The highest BCUT2D eigenvalue weighted by molar-refractivity contribution is 5.20. The Hall–Kier alpha value is -1.69. The quantitative estimate of drug-likeness (QED) is 0.876. The van der Waals surface area contributed by atoms with Gasteiger partial charge in [0, 0.05) is 24.6 Å². The molecule has 0 saturated carbocycles. The molecule has 0 aliphatic carbocycles. The molecule has 0 bridgehead atoms. The monoisotopic (exact) mass is 247 g/mol. The van der Waals surface area contributed by atoms with Gasteiger partial charge in [0.25, 0.3) is 0 Å². The second-order valence-electron chi connectivity index (χ2n) is 4.78. The summed E-state index contributed by atoms with van der Waals surface area (Å²) in [5.74, 6) is 1.99. The van der Waals surface area contributed by atoms with Gasteiger partial charge in [-0.3, -0.25) is 0 Å². The molecule has 96 valence electrons. The van der Waals surface area contributed by atoms with E-state index in [1.54, 1.807) is 6.33 Å². The molecule has 1 aliphatic rings. The lowest BCUT2D eigenvalue weighted by atomic mass is 10.1. The van der Waals surface area contributed by atoms with Crippen LogP contribution in [0.4, 0.5) is 0 Å². The van der Waals surface area contributed by atoms with Crippen LogP contribution < -0.4 is 5.32 Å². The Balaban J connectivity index is 1.62. The number of fused-ring (bicyclic) bond motifs is 1. The molecule has 0 amide bonds. The van der Waals surface area contributed by atoms with Crippen molar-refractivity contribution >= 4 is 0 Å². The summed E-state index contributed by atoms with van der Waals surface area (Å²) in [6.45, 7) is 5.62. The number of hydrogen-bond donors (Lipinski definition) is 1. The van der Waals surface area contributed by atoms with Crippen LogP contribution in [0.1, 0.15) is 29.3 Å². The minimum absolute atomic E-state index is 0.438. The first kappa shape index (κ1) is 11.4. The Morgan fingerprint density at radius 1 is 1.50 bits per heavy atom. The van der Waals surface area contributed by atoms with Crippen LogP contribution in [0.2, 0.25) is 0 Å². The maximum Gasteiger partial charge on any atom is 0.138 e. The molecular formula is C12H17N5O. The van der Waals surface area contributed by atoms with Crippen molar-refractivity contribution in [3.63, 3.8) is 0 Å². The van der Waals surface area contributed by atoms with E-state index < -0.39 is 0 Å². The maximum absolute atomic E-state index is 5.16. The summed E-state index contributed by atoms with van der Waals surface area (Å²) in [7, 11) is 0. The number of aryl methyl sites for hydroxylation is 3. The van der Waals surface area contributed by atoms with Gasteiger partial charge in [-0.15, -0.1) is 0 Å². The van der Waals surface area contributed by atoms with E-state index in [1.807, 2.05) is 18.5 Å². The van der Waals surface area contributed by atoms with E-state index >= 15 is 0 Å². The first-order valence-electron chi connectivity index (χ1n) is 6.26. The van der Waals surface area contributed by atoms with Gasteiger partial charge in [-0.25, -0.2) is 9.67 Å². The molecule has 18 heavy (non-hydrogen) atoms. The van der Waals surface area contributed by atoms with Gasteiger partial charge in [0.15, 0.2) is 0 Å². The molecule has 0 radical (unpaired) electrons. The number of hydrogen-bond acceptors (Lipinski definition) is 5. The van der Waals surface area contributed by atoms with Crippen LogP contribution in [0.3, 0.4) is 0 Å². The molecular weight excluding hydrogens is 230 g/mol. The minimum Gasteiger partial charge on any atom is -0.361 e. The highest BCUT2D eigenvalue weighted by Gasteiger charge is 2.20. The Bertz CT molecular complexity index is 525. The number of nitrogens with one attached hydrogen (secondary N) is 1. The summed E-state index contributed by atoms with van der Waals surface area (Å²) >= 11 is 0. The van der Waals surface area contributed by atoms with E-state index in [0.717, 1.165) is 43.2 Å². The van der Waals surface area contributed by atoms with Gasteiger partial charge < -0.3 is 9.84 Å². The SMILES string of the molecule is Cc1noc(C)c1CNC1CCc2ncnn2C1. The van der Waals surface area contributed by atoms with Crippen molar-refractivity contribution in [2.24, 2.45) is 0 Å². The highest BCUT2D eigenvalue weighted by Crippen LogP contribution is 2.15. The number of nitrogens with zero attached hydrogens (tertiary/aromatic N) is 4. The largest absolute Gasteiger partial charge is 0.361 e. The second-order valence-corrected chi connectivity index (χ2v) is 4.78. The van der Waals surface area contributed by atoms with Crippen molar-refractivity contribution in [2.75, 3.05) is 0 Å². The Morgan fingerprint density at radius 2 is 2.39 bits per heavy atom. The van der Waals surface area contributed by atoms with Gasteiger partial charge in [0.1, 0.15) is 17.9 Å². The van der Waals surface area contributed by atoms with E-state index in [1.165, 1.54) is 5.56 Å². The highest BCUT2D eigenvalue weighted by atomic mass is 16.5. The molecule has 1 aliphatic heterocycles. The van der Waals surface area contributed by atoms with Crippen LogP contribution in [0.25, 0.3) is 0 Å². The molecule has 0 aromatic carbocycles. The second kappa shape index (κ2) is 4.53. The summed E-state index contributed by atoms with van der Waals surface area (Å²) in [4.78, 5) is 4.23. The molecule has 3 heterocycles. The third-order valence-electron chi connectivity index (χ3n) is 3.55. The molecule has 0 saturated heterocycles. The van der Waals surface area contributed by atoms with Gasteiger partial charge in [0.2, 0.25) is 0 Å². The lowest BCUT2D eigenvalue weighted by Gasteiger charge is -2.23. The first-order valence-corrected chi connectivity index (χ1v) is 6.26. The van der Waals surface area contributed by atoms with Gasteiger partial charge in [-0.05, 0) is 20.3 Å². The number of rotatable bonds is 3. The van der Waals surface area contributed by atoms with Gasteiger partial charge in [-0.2, -0.15) is 5.10 Å². The predicted octanol–water partition coefficient (Wildman–Crippen LogP) is 0.988. The molecule has 2 aromatic rings. The van der Waals surface area contributed by atoms with Crippen LogP contribution >= 0.6 is 0 Å². The van der Waals surface area contributed by atoms with Crippen LogP contribution in [0.15, 0.2) is 10.9 Å². The summed E-state index contributed by atoms with van der Waals surface area (Å²) in [5, 5.41) is 11.7. The van der Waals surface area contributed by atoms with E-state index in [-0.39, 0.29) is 0 Å². The first-order chi connectivity index (χ1) is 8.74. The Morgan fingerprint density at radius 3 is 3.17 bits per heavy atom. The van der Waals surface area contributed by atoms with Gasteiger partial charge in [0.05, 0.1) is 12.2 Å². The van der Waals surface area contributed by atoms with Crippen LogP contribution in [-0.2, 0) is 19.5 Å². The smallest absolute Gasteiger partial charge is 0.138 e. The lowest BCUT2D eigenvalue weighted by molar-refractivity contribution is 0.356. The molecule has 2 aromatic heterocycles. The third kappa shape index (κ3) is 2.03. The maximum atomic E-state index is 5.16. The molecule has 0 fully saturated rings. The molecule has 0 spiro atoms. The topological polar surface area (TPSA) is 68.8 Å². The lowest BCUT2D eigenvalue weighted by Crippen LogP contribution is -2.37. The van der Waals surface area contributed by atoms with Crippen LogP contribution in [0.5, 0.6) is 0 Å². The van der Waals surface area contributed by atoms with Crippen molar-refractivity contribution < 1.29 is 4.52 Å². The summed E-state index contributed by atoms with van der Waals surface area (Å²) < 4.78 is 7.14. The molecule has 3 rings (SSSR count). The summed E-state index contributed by atoms with van der Waals surface area (Å²) in [5.41, 5.74) is 2.14. The predicted molar refractivity (Wildman–Crippen MR) is 64.9 cm³/mol. The van der Waals surface area contributed by atoms with Crippen molar-refractivity contribution in [2.45, 2.75) is 45.8 Å². The van der Waals surface area contributed by atoms with Crippen LogP contribution in [-0.4, -0.2) is 26.0 Å². The third-order valence-corrected chi connectivity index (χ3v) is 3.55. The van der Waals surface area contributed by atoms with Crippen molar-refractivity contribution in [3.05, 3.63) is 29.2 Å². The fourth-order valence-corrected chi connectivity index (χ4v) is 2.40. The van der Waals surface area contributed by atoms with Crippen LogP contribution in [0, 0.1) is 13.8 Å². The fraction of sp³-hybridized carbons (Fsp3) is 0.583. The zero-order chi connectivity index (χ0) is 12.5. The summed E-state index contributed by atoms with van der Waals surface area (Å²) in [6, 6.07) is 0.438. The van der Waals surface area contributed by atoms with Crippen molar-refractivity contribution in [1.29, 1.82) is 0 Å². The zero-order valence-corrected chi connectivity index (χ0v) is 10.7. The standard InChI is InChI=1S/C12H17N5O/c1-8-11(9(2)18-16-8)5-13-10-3-4-12-14-7-15-17(12)6-10/h7,10,13H,3-6H2,1-2H3. The average molecular weight is 247 g/mol. The van der Waals surface area contributed by atoms with E-state index in [4.69, 9.17) is 4.52 Å². The average Bonchev–Trinajstić information content (AvgIpc) is 2.94. The minimum atomic E-state index is 0.438. The Kier molecular flexibility index (Phi) is 2.87. The fourth-order valence-electron chi connectivity index (χ4n) is 2.40. The molecule has 1 N–H and O–H groups in total. The molecule has 6 nitrogen and oxygen atoms in total.